The second-order valence-corrected chi connectivity index (χ2v) is 6.67. The molecular formula is C15H23N. The lowest BCUT2D eigenvalue weighted by molar-refractivity contribution is 0.192. The van der Waals surface area contributed by atoms with Crippen LogP contribution in [0.25, 0.3) is 0 Å². The molecule has 0 aromatic carbocycles. The van der Waals surface area contributed by atoms with Crippen LogP contribution in [0.4, 0.5) is 0 Å². The Bertz CT molecular complexity index is 325. The zero-order valence-electron chi connectivity index (χ0n) is 10.5. The van der Waals surface area contributed by atoms with Gasteiger partial charge in [-0.3, -0.25) is 5.32 Å². The van der Waals surface area contributed by atoms with Gasteiger partial charge < -0.3 is 0 Å². The van der Waals surface area contributed by atoms with Crippen LogP contribution in [0.1, 0.15) is 46.0 Å². The van der Waals surface area contributed by atoms with Crippen molar-refractivity contribution in [3.8, 4) is 12.3 Å². The van der Waals surface area contributed by atoms with Gasteiger partial charge in [0.2, 0.25) is 0 Å². The third-order valence-corrected chi connectivity index (χ3v) is 5.34. The molecule has 3 saturated carbocycles. The highest BCUT2D eigenvalue weighted by Crippen LogP contribution is 2.58. The molecule has 5 unspecified atom stereocenters. The molecule has 0 spiro atoms. The van der Waals surface area contributed by atoms with Crippen molar-refractivity contribution in [2.24, 2.45) is 23.7 Å². The van der Waals surface area contributed by atoms with E-state index in [1.54, 1.807) is 0 Å². The maximum absolute atomic E-state index is 5.58. The van der Waals surface area contributed by atoms with E-state index in [2.05, 4.69) is 25.1 Å². The highest BCUT2D eigenvalue weighted by molar-refractivity contribution is 5.12. The van der Waals surface area contributed by atoms with Crippen LogP contribution in [0.15, 0.2) is 0 Å². The summed E-state index contributed by atoms with van der Waals surface area (Å²) in [5.41, 5.74) is -0.122. The molecule has 3 aliphatic carbocycles. The Labute approximate surface area is 99.4 Å². The van der Waals surface area contributed by atoms with E-state index in [0.29, 0.717) is 6.04 Å². The van der Waals surface area contributed by atoms with Crippen LogP contribution in [-0.2, 0) is 0 Å². The first kappa shape index (κ1) is 10.7. The first-order valence-corrected chi connectivity index (χ1v) is 6.86. The summed E-state index contributed by atoms with van der Waals surface area (Å²) in [7, 11) is 0. The van der Waals surface area contributed by atoms with Crippen LogP contribution in [0, 0.1) is 36.0 Å². The van der Waals surface area contributed by atoms with Crippen LogP contribution in [0.5, 0.6) is 0 Å². The van der Waals surface area contributed by atoms with Gasteiger partial charge in [0.15, 0.2) is 0 Å². The minimum atomic E-state index is -0.122. The van der Waals surface area contributed by atoms with E-state index in [9.17, 15) is 0 Å². The van der Waals surface area contributed by atoms with E-state index < -0.39 is 0 Å². The van der Waals surface area contributed by atoms with Crippen LogP contribution in [-0.4, -0.2) is 11.6 Å². The number of hydrogen-bond acceptors (Lipinski definition) is 1. The fourth-order valence-corrected chi connectivity index (χ4v) is 4.74. The van der Waals surface area contributed by atoms with Gasteiger partial charge >= 0.3 is 0 Å². The number of rotatable bonds is 2. The molecule has 3 rings (SSSR count). The summed E-state index contributed by atoms with van der Waals surface area (Å²) in [6.07, 6.45) is 12.9. The molecule has 0 aromatic heterocycles. The van der Waals surface area contributed by atoms with Gasteiger partial charge in [-0.2, -0.15) is 0 Å². The van der Waals surface area contributed by atoms with E-state index in [4.69, 9.17) is 6.42 Å². The zero-order valence-corrected chi connectivity index (χ0v) is 10.5. The number of hydrogen-bond donors (Lipinski definition) is 1. The summed E-state index contributed by atoms with van der Waals surface area (Å²) in [5, 5.41) is 3.71. The molecule has 0 aromatic rings. The Balaban J connectivity index is 1.71. The van der Waals surface area contributed by atoms with E-state index in [0.717, 1.165) is 23.7 Å². The first-order valence-electron chi connectivity index (χ1n) is 6.86. The quantitative estimate of drug-likeness (QED) is 0.701. The average molecular weight is 217 g/mol. The van der Waals surface area contributed by atoms with Crippen molar-refractivity contribution in [1.29, 1.82) is 0 Å². The van der Waals surface area contributed by atoms with E-state index in [-0.39, 0.29) is 5.54 Å². The molecule has 0 saturated heterocycles. The summed E-state index contributed by atoms with van der Waals surface area (Å²) in [4.78, 5) is 0. The molecule has 3 fully saturated rings. The molecule has 1 nitrogen and oxygen atoms in total. The lowest BCUT2D eigenvalue weighted by atomic mass is 9.78. The number of nitrogens with one attached hydrogen (secondary N) is 1. The minimum absolute atomic E-state index is 0.122. The first-order chi connectivity index (χ1) is 7.61. The van der Waals surface area contributed by atoms with Crippen molar-refractivity contribution in [2.75, 3.05) is 0 Å². The van der Waals surface area contributed by atoms with Gasteiger partial charge in [0.05, 0.1) is 5.54 Å². The van der Waals surface area contributed by atoms with Crippen LogP contribution in [0.2, 0.25) is 0 Å². The molecule has 0 aliphatic heterocycles. The molecule has 1 N–H and O–H groups in total. The van der Waals surface area contributed by atoms with Crippen molar-refractivity contribution in [2.45, 2.75) is 57.5 Å². The number of terminal acetylenes is 1. The molecule has 1 heteroatoms. The van der Waals surface area contributed by atoms with Crippen LogP contribution in [0.3, 0.4) is 0 Å². The van der Waals surface area contributed by atoms with Crippen molar-refractivity contribution < 1.29 is 0 Å². The topological polar surface area (TPSA) is 12.0 Å². The molecule has 5 atom stereocenters. The third-order valence-electron chi connectivity index (χ3n) is 5.34. The molecule has 0 radical (unpaired) electrons. The molecule has 16 heavy (non-hydrogen) atoms. The summed E-state index contributed by atoms with van der Waals surface area (Å²) >= 11 is 0. The summed E-state index contributed by atoms with van der Waals surface area (Å²) in [5.74, 6) is 6.94. The maximum Gasteiger partial charge on any atom is 0.0743 e. The van der Waals surface area contributed by atoms with Gasteiger partial charge in [0.25, 0.3) is 0 Å². The maximum atomic E-state index is 5.58. The molecule has 2 bridgehead atoms. The second kappa shape index (κ2) is 3.50. The zero-order chi connectivity index (χ0) is 11.3. The summed E-state index contributed by atoms with van der Waals surface area (Å²) in [6, 6.07) is 0.704. The monoisotopic (exact) mass is 217 g/mol. The standard InChI is InChI=1S/C15H23N/c1-4-15(2,3)16-14-9-10-8-13(14)12-7-5-6-11(10)12/h1,10-14,16H,5-9H2,2-3H3. The normalized spacial score (nSPS) is 45.7. The van der Waals surface area contributed by atoms with Crippen LogP contribution < -0.4 is 5.32 Å². The second-order valence-electron chi connectivity index (χ2n) is 6.67. The molecule has 88 valence electrons. The Morgan fingerprint density at radius 3 is 2.62 bits per heavy atom. The Kier molecular flexibility index (Phi) is 2.33. The minimum Gasteiger partial charge on any atom is -0.299 e. The average Bonchev–Trinajstić information content (AvgIpc) is 2.85. The fourth-order valence-electron chi connectivity index (χ4n) is 4.74. The summed E-state index contributed by atoms with van der Waals surface area (Å²) < 4.78 is 0. The highest BCUT2D eigenvalue weighted by Gasteiger charge is 2.54. The van der Waals surface area contributed by atoms with Crippen LogP contribution >= 0.6 is 0 Å². The predicted octanol–water partition coefficient (Wildman–Crippen LogP) is 2.81. The largest absolute Gasteiger partial charge is 0.299 e. The Morgan fingerprint density at radius 1 is 1.12 bits per heavy atom. The van der Waals surface area contributed by atoms with E-state index in [1.165, 1.54) is 32.1 Å². The Morgan fingerprint density at radius 2 is 1.88 bits per heavy atom. The smallest absolute Gasteiger partial charge is 0.0743 e. The van der Waals surface area contributed by atoms with Crippen molar-refractivity contribution in [1.82, 2.24) is 5.32 Å². The van der Waals surface area contributed by atoms with Gasteiger partial charge in [0, 0.05) is 6.04 Å². The van der Waals surface area contributed by atoms with Gasteiger partial charge in [0.1, 0.15) is 0 Å². The molecule has 0 amide bonds. The molecular weight excluding hydrogens is 194 g/mol. The SMILES string of the molecule is C#CC(C)(C)NC1CC2CC1C1CCCC21. The summed E-state index contributed by atoms with van der Waals surface area (Å²) in [6.45, 7) is 4.26. The van der Waals surface area contributed by atoms with Gasteiger partial charge in [-0.25, -0.2) is 0 Å². The molecule has 3 aliphatic rings. The predicted molar refractivity (Wildman–Crippen MR) is 66.9 cm³/mol. The van der Waals surface area contributed by atoms with E-state index >= 15 is 0 Å². The van der Waals surface area contributed by atoms with Gasteiger partial charge in [-0.1, -0.05) is 12.3 Å². The van der Waals surface area contributed by atoms with Crippen molar-refractivity contribution in [3.05, 3.63) is 0 Å². The van der Waals surface area contributed by atoms with E-state index in [1.807, 2.05) is 0 Å². The highest BCUT2D eigenvalue weighted by atomic mass is 15.0. The lowest BCUT2D eigenvalue weighted by Gasteiger charge is -2.36. The Hall–Kier alpha value is -0.480. The van der Waals surface area contributed by atoms with Gasteiger partial charge in [-0.15, -0.1) is 6.42 Å². The molecule has 0 heterocycles. The van der Waals surface area contributed by atoms with Crippen molar-refractivity contribution in [3.63, 3.8) is 0 Å². The van der Waals surface area contributed by atoms with Crippen molar-refractivity contribution >= 4 is 0 Å². The lowest BCUT2D eigenvalue weighted by Crippen LogP contribution is -2.49. The fraction of sp³-hybridized carbons (Fsp3) is 0.867. The number of fused-ring (bicyclic) bond motifs is 5. The van der Waals surface area contributed by atoms with Gasteiger partial charge in [-0.05, 0) is 63.2 Å². The third kappa shape index (κ3) is 1.51.